The fraction of sp³-hybridized carbons (Fsp3) is 0.500. The van der Waals surface area contributed by atoms with E-state index in [9.17, 15) is 9.90 Å². The van der Waals surface area contributed by atoms with Gasteiger partial charge in [-0.3, -0.25) is 0 Å². The summed E-state index contributed by atoms with van der Waals surface area (Å²) in [5.41, 5.74) is 0.529. The fourth-order valence-electron chi connectivity index (χ4n) is 3.70. The minimum atomic E-state index is -0.779. The number of benzene rings is 2. The van der Waals surface area contributed by atoms with Crippen LogP contribution in [0.3, 0.4) is 0 Å². The molecule has 2 aromatic rings. The molecule has 1 saturated heterocycles. The Morgan fingerprint density at radius 3 is 2.63 bits per heavy atom. The molecular formula is C22H31N3O2. The highest BCUT2D eigenvalue weighted by Gasteiger charge is 2.31. The molecule has 2 amide bonds. The van der Waals surface area contributed by atoms with Crippen molar-refractivity contribution in [1.29, 1.82) is 0 Å². The molecule has 2 aromatic carbocycles. The second kappa shape index (κ2) is 8.72. The van der Waals surface area contributed by atoms with Crippen molar-refractivity contribution < 1.29 is 9.90 Å². The van der Waals surface area contributed by atoms with Crippen LogP contribution in [0.15, 0.2) is 42.5 Å². The third kappa shape index (κ3) is 5.44. The van der Waals surface area contributed by atoms with Gasteiger partial charge in [0.15, 0.2) is 0 Å². The van der Waals surface area contributed by atoms with E-state index in [0.717, 1.165) is 19.5 Å². The van der Waals surface area contributed by atoms with Gasteiger partial charge in [-0.2, -0.15) is 0 Å². The zero-order chi connectivity index (χ0) is 19.3. The van der Waals surface area contributed by atoms with E-state index in [-0.39, 0.29) is 6.03 Å². The number of carbonyl (C=O) groups is 1. The van der Waals surface area contributed by atoms with Gasteiger partial charge in [0.05, 0.1) is 5.60 Å². The SMILES string of the molecule is C[C@H](CNC(=O)NCC1(O)CCN(C)CC1)Cc1cccc2ccccc12. The molecule has 27 heavy (non-hydrogen) atoms. The van der Waals surface area contributed by atoms with Crippen LogP contribution >= 0.6 is 0 Å². The van der Waals surface area contributed by atoms with Crippen LogP contribution in [0.25, 0.3) is 10.8 Å². The van der Waals surface area contributed by atoms with Crippen LogP contribution in [0.2, 0.25) is 0 Å². The first kappa shape index (κ1) is 19.6. The summed E-state index contributed by atoms with van der Waals surface area (Å²) >= 11 is 0. The van der Waals surface area contributed by atoms with Crippen molar-refractivity contribution >= 4 is 16.8 Å². The van der Waals surface area contributed by atoms with E-state index in [0.29, 0.717) is 31.8 Å². The number of nitrogens with one attached hydrogen (secondary N) is 2. The Morgan fingerprint density at radius 2 is 1.85 bits per heavy atom. The molecule has 0 aliphatic carbocycles. The lowest BCUT2D eigenvalue weighted by Gasteiger charge is -2.36. The van der Waals surface area contributed by atoms with Gasteiger partial charge >= 0.3 is 6.03 Å². The van der Waals surface area contributed by atoms with Crippen molar-refractivity contribution in [2.45, 2.75) is 31.8 Å². The summed E-state index contributed by atoms with van der Waals surface area (Å²) < 4.78 is 0. The zero-order valence-corrected chi connectivity index (χ0v) is 16.4. The average Bonchev–Trinajstić information content (AvgIpc) is 2.68. The highest BCUT2D eigenvalue weighted by molar-refractivity contribution is 5.85. The first-order valence-electron chi connectivity index (χ1n) is 9.84. The van der Waals surface area contributed by atoms with E-state index in [1.165, 1.54) is 16.3 Å². The summed E-state index contributed by atoms with van der Waals surface area (Å²) in [6.07, 6.45) is 2.31. The van der Waals surface area contributed by atoms with Crippen molar-refractivity contribution in [1.82, 2.24) is 15.5 Å². The largest absolute Gasteiger partial charge is 0.388 e. The molecule has 0 aromatic heterocycles. The quantitative estimate of drug-likeness (QED) is 0.734. The van der Waals surface area contributed by atoms with Crippen LogP contribution in [0.5, 0.6) is 0 Å². The van der Waals surface area contributed by atoms with E-state index in [1.807, 2.05) is 0 Å². The number of hydrogen-bond acceptors (Lipinski definition) is 3. The molecule has 1 fully saturated rings. The Hall–Kier alpha value is -2.11. The van der Waals surface area contributed by atoms with E-state index in [2.05, 4.69) is 72.0 Å². The number of piperidine rings is 1. The number of likely N-dealkylation sites (tertiary alicyclic amines) is 1. The number of nitrogens with zero attached hydrogens (tertiary/aromatic N) is 1. The van der Waals surface area contributed by atoms with Crippen LogP contribution in [-0.2, 0) is 6.42 Å². The fourth-order valence-corrected chi connectivity index (χ4v) is 3.70. The van der Waals surface area contributed by atoms with Crippen LogP contribution in [0.1, 0.15) is 25.3 Å². The predicted octanol–water partition coefficient (Wildman–Crippen LogP) is 2.77. The summed E-state index contributed by atoms with van der Waals surface area (Å²) in [6.45, 7) is 4.79. The molecule has 3 N–H and O–H groups in total. The number of fused-ring (bicyclic) bond motifs is 1. The minimum absolute atomic E-state index is 0.202. The second-order valence-electron chi connectivity index (χ2n) is 8.04. The van der Waals surface area contributed by atoms with Crippen molar-refractivity contribution in [3.05, 3.63) is 48.0 Å². The maximum absolute atomic E-state index is 12.1. The van der Waals surface area contributed by atoms with Gasteiger partial charge < -0.3 is 20.6 Å². The van der Waals surface area contributed by atoms with Crippen LogP contribution in [0, 0.1) is 5.92 Å². The third-order valence-electron chi connectivity index (χ3n) is 5.56. The molecule has 0 unspecified atom stereocenters. The topological polar surface area (TPSA) is 64.6 Å². The van der Waals surface area contributed by atoms with Gasteiger partial charge in [0.2, 0.25) is 0 Å². The molecule has 1 aliphatic rings. The molecule has 0 spiro atoms. The van der Waals surface area contributed by atoms with Crippen LogP contribution in [0.4, 0.5) is 4.79 Å². The van der Waals surface area contributed by atoms with Gasteiger partial charge in [0, 0.05) is 26.2 Å². The summed E-state index contributed by atoms with van der Waals surface area (Å²) in [5, 5.41) is 18.9. The van der Waals surface area contributed by atoms with Gasteiger partial charge in [-0.05, 0) is 48.6 Å². The number of hydrogen-bond donors (Lipinski definition) is 3. The molecule has 5 heteroatoms. The maximum atomic E-state index is 12.1. The summed E-state index contributed by atoms with van der Waals surface area (Å²) in [6, 6.07) is 14.6. The van der Waals surface area contributed by atoms with Crippen molar-refractivity contribution in [2.75, 3.05) is 33.2 Å². The Bertz CT molecular complexity index is 764. The zero-order valence-electron chi connectivity index (χ0n) is 16.4. The van der Waals surface area contributed by atoms with Crippen molar-refractivity contribution in [2.24, 2.45) is 5.92 Å². The molecule has 3 rings (SSSR count). The number of rotatable bonds is 6. The molecule has 146 valence electrons. The molecule has 0 saturated carbocycles. The Morgan fingerprint density at radius 1 is 1.15 bits per heavy atom. The lowest BCUT2D eigenvalue weighted by Crippen LogP contribution is -2.51. The molecule has 5 nitrogen and oxygen atoms in total. The molecule has 0 radical (unpaired) electrons. The lowest BCUT2D eigenvalue weighted by molar-refractivity contribution is -0.0122. The predicted molar refractivity (Wildman–Crippen MR) is 110 cm³/mol. The number of aliphatic hydroxyl groups is 1. The Balaban J connectivity index is 1.44. The van der Waals surface area contributed by atoms with Gasteiger partial charge in [0.25, 0.3) is 0 Å². The van der Waals surface area contributed by atoms with E-state index < -0.39 is 5.60 Å². The second-order valence-corrected chi connectivity index (χ2v) is 8.04. The van der Waals surface area contributed by atoms with Gasteiger partial charge in [0.1, 0.15) is 0 Å². The van der Waals surface area contributed by atoms with Crippen LogP contribution < -0.4 is 10.6 Å². The Kier molecular flexibility index (Phi) is 6.34. The first-order chi connectivity index (χ1) is 13.0. The van der Waals surface area contributed by atoms with Crippen molar-refractivity contribution in [3.63, 3.8) is 0 Å². The first-order valence-corrected chi connectivity index (χ1v) is 9.84. The Labute approximate surface area is 161 Å². The number of urea groups is 1. The molecule has 0 bridgehead atoms. The average molecular weight is 370 g/mol. The number of carbonyl (C=O) groups excluding carboxylic acids is 1. The standard InChI is InChI=1S/C22H31N3O2/c1-17(14-19-8-5-7-18-6-3-4-9-20(18)19)15-23-21(26)24-16-22(27)10-12-25(2)13-11-22/h3-9,17,27H,10-16H2,1-2H3,(H2,23,24,26)/t17-/m0/s1. The van der Waals surface area contributed by atoms with E-state index in [1.54, 1.807) is 0 Å². The normalized spacial score (nSPS) is 18.2. The van der Waals surface area contributed by atoms with Crippen molar-refractivity contribution in [3.8, 4) is 0 Å². The highest BCUT2D eigenvalue weighted by atomic mass is 16.3. The molecule has 1 atom stereocenters. The molecular weight excluding hydrogens is 338 g/mol. The smallest absolute Gasteiger partial charge is 0.314 e. The van der Waals surface area contributed by atoms with Crippen LogP contribution in [-0.4, -0.2) is 54.9 Å². The van der Waals surface area contributed by atoms with Gasteiger partial charge in [-0.1, -0.05) is 49.4 Å². The summed E-state index contributed by atoms with van der Waals surface area (Å²) in [5.74, 6) is 0.327. The van der Waals surface area contributed by atoms with E-state index >= 15 is 0 Å². The summed E-state index contributed by atoms with van der Waals surface area (Å²) in [4.78, 5) is 14.3. The molecule has 1 heterocycles. The van der Waals surface area contributed by atoms with E-state index in [4.69, 9.17) is 0 Å². The lowest BCUT2D eigenvalue weighted by atomic mass is 9.92. The highest BCUT2D eigenvalue weighted by Crippen LogP contribution is 2.21. The third-order valence-corrected chi connectivity index (χ3v) is 5.56. The number of amides is 2. The maximum Gasteiger partial charge on any atom is 0.314 e. The summed E-state index contributed by atoms with van der Waals surface area (Å²) in [7, 11) is 2.05. The minimum Gasteiger partial charge on any atom is -0.388 e. The van der Waals surface area contributed by atoms with Gasteiger partial charge in [-0.15, -0.1) is 0 Å². The monoisotopic (exact) mass is 369 g/mol. The van der Waals surface area contributed by atoms with Gasteiger partial charge in [-0.25, -0.2) is 4.79 Å². The molecule has 1 aliphatic heterocycles.